The summed E-state index contributed by atoms with van der Waals surface area (Å²) in [5, 5.41) is 4.91. The van der Waals surface area contributed by atoms with Crippen molar-refractivity contribution >= 4 is 10.9 Å². The summed E-state index contributed by atoms with van der Waals surface area (Å²) >= 11 is 0. The number of nitrogens with zero attached hydrogens (tertiary/aromatic N) is 2. The van der Waals surface area contributed by atoms with Crippen molar-refractivity contribution in [3.8, 4) is 11.4 Å². The van der Waals surface area contributed by atoms with Crippen molar-refractivity contribution in [2.45, 2.75) is 32.4 Å². The van der Waals surface area contributed by atoms with Crippen LogP contribution in [0.2, 0.25) is 0 Å². The maximum atomic E-state index is 12.8. The smallest absolute Gasteiger partial charge is 0.258 e. The van der Waals surface area contributed by atoms with Crippen LogP contribution in [0.25, 0.3) is 16.6 Å². The molecule has 1 aliphatic heterocycles. The van der Waals surface area contributed by atoms with E-state index in [-0.39, 0.29) is 5.56 Å². The fourth-order valence-corrected chi connectivity index (χ4v) is 4.69. The zero-order chi connectivity index (χ0) is 21.4. The molecule has 1 unspecified atom stereocenters. The third kappa shape index (κ3) is 3.55. The minimum atomic E-state index is -0.100. The van der Waals surface area contributed by atoms with Gasteiger partial charge in [-0.3, -0.25) is 9.36 Å². The summed E-state index contributed by atoms with van der Waals surface area (Å²) in [7, 11) is 2.13. The van der Waals surface area contributed by atoms with Gasteiger partial charge in [0.2, 0.25) is 0 Å². The summed E-state index contributed by atoms with van der Waals surface area (Å²) in [5.74, 6) is 0.581. The molecule has 5 heteroatoms. The van der Waals surface area contributed by atoms with Crippen molar-refractivity contribution in [1.29, 1.82) is 0 Å². The van der Waals surface area contributed by atoms with Crippen LogP contribution in [0.3, 0.4) is 0 Å². The summed E-state index contributed by atoms with van der Waals surface area (Å²) in [6.07, 6.45) is 3.90. The zero-order valence-corrected chi connectivity index (χ0v) is 18.0. The molecule has 0 fully saturated rings. The van der Waals surface area contributed by atoms with Gasteiger partial charge in [-0.1, -0.05) is 43.3 Å². The molecule has 0 saturated heterocycles. The molecule has 2 aromatic heterocycles. The first-order valence-corrected chi connectivity index (χ1v) is 10.9. The van der Waals surface area contributed by atoms with E-state index in [4.69, 9.17) is 4.74 Å². The number of rotatable bonds is 5. The van der Waals surface area contributed by atoms with E-state index >= 15 is 0 Å². The number of benzene rings is 2. The highest BCUT2D eigenvalue weighted by Crippen LogP contribution is 2.34. The lowest BCUT2D eigenvalue weighted by molar-refractivity contribution is 0.305. The Morgan fingerprint density at radius 3 is 2.71 bits per heavy atom. The van der Waals surface area contributed by atoms with Crippen LogP contribution in [0.4, 0.5) is 0 Å². The van der Waals surface area contributed by atoms with Gasteiger partial charge in [-0.05, 0) is 48.7 Å². The average molecular weight is 414 g/mol. The fraction of sp³-hybridized carbons (Fsp3) is 0.269. The van der Waals surface area contributed by atoms with E-state index in [0.717, 1.165) is 30.6 Å². The summed E-state index contributed by atoms with van der Waals surface area (Å²) in [4.78, 5) is 12.8. The molecule has 5 nitrogen and oxygen atoms in total. The van der Waals surface area contributed by atoms with Gasteiger partial charge in [0.25, 0.3) is 5.56 Å². The number of aromatic nitrogens is 2. The Balaban J connectivity index is 1.47. The predicted molar refractivity (Wildman–Crippen MR) is 124 cm³/mol. The third-order valence-electron chi connectivity index (χ3n) is 6.26. The largest absolute Gasteiger partial charge is 0.489 e. The fourth-order valence-electron chi connectivity index (χ4n) is 4.69. The van der Waals surface area contributed by atoms with Crippen LogP contribution in [0.15, 0.2) is 71.7 Å². The van der Waals surface area contributed by atoms with Gasteiger partial charge in [0.1, 0.15) is 12.4 Å². The molecule has 158 valence electrons. The number of hydrogen-bond acceptors (Lipinski definition) is 3. The number of nitrogens with one attached hydrogen (secondary N) is 1. The Labute approximate surface area is 181 Å². The van der Waals surface area contributed by atoms with Gasteiger partial charge in [-0.25, -0.2) is 0 Å². The molecule has 2 aromatic carbocycles. The molecule has 1 N–H and O–H groups in total. The SMILES string of the molecule is CCC1NCCc2c1n(C)c1cc(-n3ccc(OCc4ccccc4)cc3=O)ccc21. The minimum absolute atomic E-state index is 0.100. The van der Waals surface area contributed by atoms with Gasteiger partial charge in [0, 0.05) is 36.4 Å². The molecule has 0 amide bonds. The maximum Gasteiger partial charge on any atom is 0.258 e. The summed E-state index contributed by atoms with van der Waals surface area (Å²) in [5.41, 5.74) is 5.82. The standard InChI is InChI=1S/C26H27N3O2/c1-3-23-26-22(11-13-27-23)21-10-9-19(15-24(21)28(26)2)29-14-12-20(16-25(29)30)31-17-18-7-5-4-6-8-18/h4-10,12,14-16,23,27H,3,11,13,17H2,1-2H3. The maximum absolute atomic E-state index is 12.8. The highest BCUT2D eigenvalue weighted by atomic mass is 16.5. The van der Waals surface area contributed by atoms with E-state index in [9.17, 15) is 4.79 Å². The summed E-state index contributed by atoms with van der Waals surface area (Å²) in [6.45, 7) is 3.67. The van der Waals surface area contributed by atoms with E-state index in [1.807, 2.05) is 42.5 Å². The Bertz CT molecular complexity index is 1290. The Kier molecular flexibility index (Phi) is 5.12. The molecular formula is C26H27N3O2. The van der Waals surface area contributed by atoms with Gasteiger partial charge in [0.05, 0.1) is 11.2 Å². The van der Waals surface area contributed by atoms with Crippen molar-refractivity contribution in [3.05, 3.63) is 94.0 Å². The second kappa shape index (κ2) is 8.08. The topological polar surface area (TPSA) is 48.2 Å². The molecular weight excluding hydrogens is 386 g/mol. The summed E-state index contributed by atoms with van der Waals surface area (Å²) < 4.78 is 9.77. The van der Waals surface area contributed by atoms with Crippen LogP contribution >= 0.6 is 0 Å². The Morgan fingerprint density at radius 1 is 1.10 bits per heavy atom. The quantitative estimate of drug-likeness (QED) is 0.524. The van der Waals surface area contributed by atoms with Crippen LogP contribution in [0.5, 0.6) is 5.75 Å². The molecule has 4 aromatic rings. The van der Waals surface area contributed by atoms with Gasteiger partial charge in [-0.15, -0.1) is 0 Å². The molecule has 0 radical (unpaired) electrons. The lowest BCUT2D eigenvalue weighted by Crippen LogP contribution is -2.30. The number of ether oxygens (including phenoxy) is 1. The van der Waals surface area contributed by atoms with Crippen LogP contribution in [0.1, 0.15) is 36.2 Å². The highest BCUT2D eigenvalue weighted by molar-refractivity contribution is 5.87. The minimum Gasteiger partial charge on any atom is -0.489 e. The lowest BCUT2D eigenvalue weighted by Gasteiger charge is -2.25. The van der Waals surface area contributed by atoms with Crippen LogP contribution in [-0.4, -0.2) is 15.7 Å². The van der Waals surface area contributed by atoms with Crippen LogP contribution in [0, 0.1) is 0 Å². The number of hydrogen-bond donors (Lipinski definition) is 1. The van der Waals surface area contributed by atoms with E-state index < -0.39 is 0 Å². The molecule has 0 saturated carbocycles. The van der Waals surface area contributed by atoms with Crippen molar-refractivity contribution in [2.75, 3.05) is 6.54 Å². The predicted octanol–water partition coefficient (Wildman–Crippen LogP) is 4.51. The Morgan fingerprint density at radius 2 is 1.94 bits per heavy atom. The highest BCUT2D eigenvalue weighted by Gasteiger charge is 2.25. The first-order chi connectivity index (χ1) is 15.2. The van der Waals surface area contributed by atoms with Crippen molar-refractivity contribution in [1.82, 2.24) is 14.5 Å². The van der Waals surface area contributed by atoms with E-state index in [2.05, 4.69) is 36.0 Å². The van der Waals surface area contributed by atoms with E-state index in [1.54, 1.807) is 16.8 Å². The monoisotopic (exact) mass is 413 g/mol. The molecule has 0 aliphatic carbocycles. The van der Waals surface area contributed by atoms with Crippen LogP contribution in [-0.2, 0) is 20.1 Å². The van der Waals surface area contributed by atoms with Crippen LogP contribution < -0.4 is 15.6 Å². The molecule has 31 heavy (non-hydrogen) atoms. The first-order valence-electron chi connectivity index (χ1n) is 10.9. The van der Waals surface area contributed by atoms with Crippen molar-refractivity contribution in [2.24, 2.45) is 7.05 Å². The number of pyridine rings is 1. The van der Waals surface area contributed by atoms with E-state index in [0.29, 0.717) is 18.4 Å². The van der Waals surface area contributed by atoms with Gasteiger partial charge < -0.3 is 14.6 Å². The van der Waals surface area contributed by atoms with Crippen molar-refractivity contribution < 1.29 is 4.74 Å². The second-order valence-electron chi connectivity index (χ2n) is 8.13. The molecule has 5 rings (SSSR count). The van der Waals surface area contributed by atoms with Gasteiger partial charge in [0.15, 0.2) is 0 Å². The van der Waals surface area contributed by atoms with E-state index in [1.165, 1.54) is 22.2 Å². The number of aryl methyl sites for hydroxylation is 1. The molecule has 1 atom stereocenters. The summed E-state index contributed by atoms with van der Waals surface area (Å²) in [6, 6.07) is 20.1. The molecule has 0 spiro atoms. The Hall–Kier alpha value is -3.31. The number of fused-ring (bicyclic) bond motifs is 3. The third-order valence-corrected chi connectivity index (χ3v) is 6.26. The normalized spacial score (nSPS) is 15.7. The molecule has 3 heterocycles. The van der Waals surface area contributed by atoms with Crippen molar-refractivity contribution in [3.63, 3.8) is 0 Å². The second-order valence-corrected chi connectivity index (χ2v) is 8.13. The molecule has 1 aliphatic rings. The average Bonchev–Trinajstić information content (AvgIpc) is 3.10. The van der Waals surface area contributed by atoms with Gasteiger partial charge in [-0.2, -0.15) is 0 Å². The molecule has 0 bridgehead atoms. The van der Waals surface area contributed by atoms with Gasteiger partial charge >= 0.3 is 0 Å². The first kappa shape index (κ1) is 19.6. The lowest BCUT2D eigenvalue weighted by atomic mass is 9.98. The zero-order valence-electron chi connectivity index (χ0n) is 18.0.